The van der Waals surface area contributed by atoms with Crippen molar-refractivity contribution in [2.45, 2.75) is 38.0 Å². The molecule has 0 atom stereocenters. The molecule has 0 saturated carbocycles. The van der Waals surface area contributed by atoms with Crippen LogP contribution in [-0.4, -0.2) is 14.2 Å². The molecule has 0 bridgehead atoms. The van der Waals surface area contributed by atoms with Crippen molar-refractivity contribution < 1.29 is 13.2 Å². The lowest BCUT2D eigenvalue weighted by molar-refractivity contribution is 0.103. The van der Waals surface area contributed by atoms with Crippen LogP contribution in [0.3, 0.4) is 0 Å². The van der Waals surface area contributed by atoms with Crippen LogP contribution in [0, 0.1) is 0 Å². The first-order valence-corrected chi connectivity index (χ1v) is 11.8. The summed E-state index contributed by atoms with van der Waals surface area (Å²) in [6.45, 7) is 11.5. The summed E-state index contributed by atoms with van der Waals surface area (Å²) in [5.41, 5.74) is 1.37. The Hall–Kier alpha value is -2.34. The SMILES string of the molecule is C=C(Cl)/C=C(\C=C/C)C(=O)c1cc(Cl)ccc1NS(=O)(=O)c1ccc(C(C)(C)C)cc1. The van der Waals surface area contributed by atoms with Gasteiger partial charge in [0.05, 0.1) is 10.6 Å². The van der Waals surface area contributed by atoms with E-state index in [0.717, 1.165) is 5.56 Å². The monoisotopic (exact) mass is 477 g/mol. The largest absolute Gasteiger partial charge is 0.289 e. The van der Waals surface area contributed by atoms with E-state index >= 15 is 0 Å². The predicted octanol–water partition coefficient (Wildman–Crippen LogP) is 6.88. The summed E-state index contributed by atoms with van der Waals surface area (Å²) < 4.78 is 28.5. The molecule has 1 N–H and O–H groups in total. The number of sulfonamides is 1. The number of ketones is 1. The summed E-state index contributed by atoms with van der Waals surface area (Å²) in [4.78, 5) is 13.2. The van der Waals surface area contributed by atoms with Crippen LogP contribution in [0.25, 0.3) is 0 Å². The van der Waals surface area contributed by atoms with Gasteiger partial charge in [-0.15, -0.1) is 0 Å². The van der Waals surface area contributed by atoms with Gasteiger partial charge in [-0.25, -0.2) is 8.42 Å². The van der Waals surface area contributed by atoms with E-state index < -0.39 is 15.8 Å². The molecular formula is C24H25Cl2NO3S. The maximum atomic E-state index is 13.1. The lowest BCUT2D eigenvalue weighted by Crippen LogP contribution is -2.17. The second-order valence-electron chi connectivity index (χ2n) is 7.95. The molecule has 0 aromatic heterocycles. The van der Waals surface area contributed by atoms with E-state index in [1.165, 1.54) is 24.3 Å². The molecule has 0 fully saturated rings. The zero-order valence-corrected chi connectivity index (χ0v) is 20.2. The zero-order chi connectivity index (χ0) is 23.4. The number of carbonyl (C=O) groups is 1. The summed E-state index contributed by atoms with van der Waals surface area (Å²) in [6.07, 6.45) is 4.66. The van der Waals surface area contributed by atoms with Gasteiger partial charge in [0.15, 0.2) is 5.78 Å². The first-order valence-electron chi connectivity index (χ1n) is 9.51. The molecule has 2 aromatic rings. The van der Waals surface area contributed by atoms with Gasteiger partial charge in [0, 0.05) is 21.2 Å². The number of hydrogen-bond donors (Lipinski definition) is 1. The molecule has 0 aliphatic carbocycles. The summed E-state index contributed by atoms with van der Waals surface area (Å²) in [5, 5.41) is 0.468. The van der Waals surface area contributed by atoms with Gasteiger partial charge >= 0.3 is 0 Å². The maximum Gasteiger partial charge on any atom is 0.261 e. The first-order chi connectivity index (χ1) is 14.3. The molecule has 0 radical (unpaired) electrons. The Morgan fingerprint density at radius 3 is 2.23 bits per heavy atom. The number of benzene rings is 2. The molecule has 0 unspecified atom stereocenters. The number of Topliss-reactive ketones (excluding diaryl/α,β-unsaturated/α-hetero) is 1. The van der Waals surface area contributed by atoms with Crippen molar-refractivity contribution in [3.63, 3.8) is 0 Å². The third-order valence-electron chi connectivity index (χ3n) is 4.42. The Morgan fingerprint density at radius 1 is 1.10 bits per heavy atom. The number of anilines is 1. The molecule has 4 nitrogen and oxygen atoms in total. The van der Waals surface area contributed by atoms with Crippen LogP contribution in [0.2, 0.25) is 5.02 Å². The third-order valence-corrected chi connectivity index (χ3v) is 6.15. The van der Waals surface area contributed by atoms with Gasteiger partial charge in [0.1, 0.15) is 0 Å². The van der Waals surface area contributed by atoms with E-state index in [4.69, 9.17) is 23.2 Å². The number of halogens is 2. The molecule has 0 saturated heterocycles. The van der Waals surface area contributed by atoms with Crippen LogP contribution < -0.4 is 4.72 Å². The quantitative estimate of drug-likeness (QED) is 0.268. The smallest absolute Gasteiger partial charge is 0.261 e. The molecule has 0 aliphatic heterocycles. The van der Waals surface area contributed by atoms with E-state index in [1.54, 1.807) is 43.3 Å². The Morgan fingerprint density at radius 2 is 1.71 bits per heavy atom. The van der Waals surface area contributed by atoms with Crippen LogP contribution in [0.5, 0.6) is 0 Å². The number of hydrogen-bond acceptors (Lipinski definition) is 3. The Kier molecular flexibility index (Phi) is 7.93. The summed E-state index contributed by atoms with van der Waals surface area (Å²) >= 11 is 11.9. The molecule has 0 aliphatic rings. The topological polar surface area (TPSA) is 63.2 Å². The molecule has 0 spiro atoms. The third kappa shape index (κ3) is 6.57. The van der Waals surface area contributed by atoms with Gasteiger partial charge in [0.25, 0.3) is 10.0 Å². The molecule has 0 heterocycles. The molecule has 7 heteroatoms. The van der Waals surface area contributed by atoms with Crippen molar-refractivity contribution in [1.82, 2.24) is 0 Å². The molecular weight excluding hydrogens is 453 g/mol. The molecule has 0 amide bonds. The fraction of sp³-hybridized carbons (Fsp3) is 0.208. The standard InChI is InChI=1S/C24H25Cl2NO3S/c1-6-7-17(14-16(2)25)23(28)21-15-19(26)10-13-22(21)27-31(29,30)20-11-8-18(9-12-20)24(3,4)5/h6-15,27H,2H2,1,3-5H3/b7-6-,17-14+. The number of allylic oxidation sites excluding steroid dienone is 5. The van der Waals surface area contributed by atoms with Gasteiger partial charge in [-0.05, 0) is 54.3 Å². The number of carbonyl (C=O) groups excluding carboxylic acids is 1. The van der Waals surface area contributed by atoms with Crippen LogP contribution >= 0.6 is 23.2 Å². The first kappa shape index (κ1) is 24.9. The van der Waals surface area contributed by atoms with E-state index in [0.29, 0.717) is 5.02 Å². The van der Waals surface area contributed by atoms with Gasteiger partial charge in [0.2, 0.25) is 0 Å². The van der Waals surface area contributed by atoms with Gasteiger partial charge in [-0.2, -0.15) is 0 Å². The van der Waals surface area contributed by atoms with Crippen molar-refractivity contribution in [3.05, 3.63) is 94.0 Å². The number of rotatable bonds is 7. The summed E-state index contributed by atoms with van der Waals surface area (Å²) in [5.74, 6) is -0.441. The minimum absolute atomic E-state index is 0.0900. The summed E-state index contributed by atoms with van der Waals surface area (Å²) in [7, 11) is -3.93. The second kappa shape index (κ2) is 9.86. The Bertz CT molecular complexity index is 1160. The second-order valence-corrected chi connectivity index (χ2v) is 10.5. The zero-order valence-electron chi connectivity index (χ0n) is 17.9. The number of nitrogens with one attached hydrogen (secondary N) is 1. The minimum atomic E-state index is -3.93. The minimum Gasteiger partial charge on any atom is -0.289 e. The maximum absolute atomic E-state index is 13.1. The molecule has 164 valence electrons. The van der Waals surface area contributed by atoms with Crippen LogP contribution in [0.15, 0.2) is 82.8 Å². The Labute approximate surface area is 194 Å². The van der Waals surface area contributed by atoms with Crippen molar-refractivity contribution in [1.29, 1.82) is 0 Å². The fourth-order valence-corrected chi connectivity index (χ4v) is 4.19. The highest BCUT2D eigenvalue weighted by Gasteiger charge is 2.22. The van der Waals surface area contributed by atoms with Gasteiger partial charge in [-0.1, -0.05) is 74.8 Å². The highest BCUT2D eigenvalue weighted by atomic mass is 35.5. The van der Waals surface area contributed by atoms with E-state index in [9.17, 15) is 13.2 Å². The van der Waals surface area contributed by atoms with E-state index in [1.807, 2.05) is 20.8 Å². The molecule has 2 aromatic carbocycles. The lowest BCUT2D eigenvalue weighted by Gasteiger charge is -2.19. The lowest BCUT2D eigenvalue weighted by atomic mass is 9.87. The fourth-order valence-electron chi connectivity index (χ4n) is 2.82. The molecule has 2 rings (SSSR count). The van der Waals surface area contributed by atoms with Gasteiger partial charge < -0.3 is 0 Å². The normalized spacial score (nSPS) is 12.8. The average molecular weight is 478 g/mol. The van der Waals surface area contributed by atoms with Crippen molar-refractivity contribution >= 4 is 44.7 Å². The van der Waals surface area contributed by atoms with Crippen molar-refractivity contribution in [2.24, 2.45) is 0 Å². The van der Waals surface area contributed by atoms with E-state index in [-0.39, 0.29) is 32.2 Å². The molecule has 31 heavy (non-hydrogen) atoms. The van der Waals surface area contributed by atoms with Crippen LogP contribution in [0.1, 0.15) is 43.6 Å². The van der Waals surface area contributed by atoms with Crippen LogP contribution in [-0.2, 0) is 15.4 Å². The highest BCUT2D eigenvalue weighted by molar-refractivity contribution is 7.92. The Balaban J connectivity index is 2.48. The highest BCUT2D eigenvalue weighted by Crippen LogP contribution is 2.28. The van der Waals surface area contributed by atoms with Crippen molar-refractivity contribution in [2.75, 3.05) is 4.72 Å². The predicted molar refractivity (Wildman–Crippen MR) is 130 cm³/mol. The van der Waals surface area contributed by atoms with Gasteiger partial charge in [-0.3, -0.25) is 9.52 Å². The van der Waals surface area contributed by atoms with Crippen LogP contribution in [0.4, 0.5) is 5.69 Å². The van der Waals surface area contributed by atoms with Crippen molar-refractivity contribution in [3.8, 4) is 0 Å². The van der Waals surface area contributed by atoms with E-state index in [2.05, 4.69) is 11.3 Å². The summed E-state index contributed by atoms with van der Waals surface area (Å²) in [6, 6.07) is 11.0. The average Bonchev–Trinajstić information content (AvgIpc) is 2.67.